The number of benzene rings is 4. The number of carbonyl (C=O) groups is 1. The summed E-state index contributed by atoms with van der Waals surface area (Å²) in [7, 11) is -3.68. The molecule has 0 unspecified atom stereocenters. The van der Waals surface area contributed by atoms with Gasteiger partial charge in [-0.2, -0.15) is 0 Å². The van der Waals surface area contributed by atoms with Crippen LogP contribution in [0.4, 0.5) is 5.69 Å². The zero-order chi connectivity index (χ0) is 20.3. The van der Waals surface area contributed by atoms with E-state index >= 15 is 0 Å². The van der Waals surface area contributed by atoms with Gasteiger partial charge in [0.1, 0.15) is 0 Å². The van der Waals surface area contributed by atoms with E-state index in [0.29, 0.717) is 5.69 Å². The van der Waals surface area contributed by atoms with Crippen LogP contribution in [0.1, 0.15) is 6.42 Å². The molecule has 29 heavy (non-hydrogen) atoms. The van der Waals surface area contributed by atoms with Gasteiger partial charge in [0.2, 0.25) is 15.9 Å². The van der Waals surface area contributed by atoms with Crippen molar-refractivity contribution in [3.63, 3.8) is 0 Å². The van der Waals surface area contributed by atoms with Crippen molar-refractivity contribution in [3.05, 3.63) is 84.9 Å². The molecule has 0 fully saturated rings. The Morgan fingerprint density at radius 2 is 1.31 bits per heavy atom. The number of anilines is 1. The average molecular weight is 404 g/mol. The van der Waals surface area contributed by atoms with Gasteiger partial charge >= 0.3 is 0 Å². The lowest BCUT2D eigenvalue weighted by Crippen LogP contribution is -2.27. The number of amides is 1. The van der Waals surface area contributed by atoms with Crippen LogP contribution in [0.3, 0.4) is 0 Å². The van der Waals surface area contributed by atoms with Crippen molar-refractivity contribution in [2.45, 2.75) is 11.3 Å². The van der Waals surface area contributed by atoms with Crippen molar-refractivity contribution in [1.82, 2.24) is 4.72 Å². The van der Waals surface area contributed by atoms with Crippen LogP contribution in [0.2, 0.25) is 0 Å². The van der Waals surface area contributed by atoms with Gasteiger partial charge in [-0.05, 0) is 45.8 Å². The molecule has 5 nitrogen and oxygen atoms in total. The Morgan fingerprint density at radius 1 is 0.724 bits per heavy atom. The third-order valence-electron chi connectivity index (χ3n) is 4.71. The summed E-state index contributed by atoms with van der Waals surface area (Å²) in [5, 5.41) is 6.76. The average Bonchev–Trinajstić information content (AvgIpc) is 2.73. The molecule has 0 aliphatic carbocycles. The maximum atomic E-state index is 12.5. The molecule has 0 bridgehead atoms. The second-order valence-corrected chi connectivity index (χ2v) is 8.53. The number of rotatable bonds is 6. The lowest BCUT2D eigenvalue weighted by molar-refractivity contribution is -0.116. The van der Waals surface area contributed by atoms with Gasteiger partial charge < -0.3 is 5.32 Å². The van der Waals surface area contributed by atoms with Crippen LogP contribution in [-0.4, -0.2) is 20.9 Å². The quantitative estimate of drug-likeness (QED) is 0.503. The van der Waals surface area contributed by atoms with Gasteiger partial charge in [0.05, 0.1) is 4.90 Å². The molecule has 0 saturated heterocycles. The summed E-state index contributed by atoms with van der Waals surface area (Å²) in [6.07, 6.45) is 0.0413. The summed E-state index contributed by atoms with van der Waals surface area (Å²) in [6, 6.07) is 26.1. The molecule has 4 aromatic carbocycles. The van der Waals surface area contributed by atoms with Crippen molar-refractivity contribution in [2.24, 2.45) is 0 Å². The highest BCUT2D eigenvalue weighted by Gasteiger charge is 2.14. The standard InChI is InChI=1S/C23H20N2O3S/c26-23(25-21-11-9-17-5-1-3-7-19(17)15-21)13-14-24-29(27,28)22-12-10-18-6-2-4-8-20(18)16-22/h1-12,15-16,24H,13-14H2,(H,25,26). The predicted molar refractivity (Wildman–Crippen MR) is 116 cm³/mol. The number of nitrogens with one attached hydrogen (secondary N) is 2. The predicted octanol–water partition coefficient (Wildman–Crippen LogP) is 4.30. The minimum atomic E-state index is -3.68. The van der Waals surface area contributed by atoms with Crippen LogP contribution >= 0.6 is 0 Å². The van der Waals surface area contributed by atoms with E-state index in [0.717, 1.165) is 21.5 Å². The molecule has 0 heterocycles. The van der Waals surface area contributed by atoms with Crippen LogP contribution < -0.4 is 10.0 Å². The normalized spacial score (nSPS) is 11.6. The zero-order valence-corrected chi connectivity index (χ0v) is 16.4. The van der Waals surface area contributed by atoms with Crippen LogP contribution in [0.15, 0.2) is 89.8 Å². The molecule has 2 N–H and O–H groups in total. The molecule has 146 valence electrons. The third-order valence-corrected chi connectivity index (χ3v) is 6.17. The van der Waals surface area contributed by atoms with Crippen LogP contribution in [0.5, 0.6) is 0 Å². The number of hydrogen-bond acceptors (Lipinski definition) is 3. The van der Waals surface area contributed by atoms with Gasteiger partial charge in [-0.1, -0.05) is 60.7 Å². The first-order chi connectivity index (χ1) is 14.0. The lowest BCUT2D eigenvalue weighted by atomic mass is 10.1. The Balaban J connectivity index is 1.37. The fourth-order valence-corrected chi connectivity index (χ4v) is 4.27. The molecule has 0 saturated carbocycles. The molecular weight excluding hydrogens is 384 g/mol. The maximum absolute atomic E-state index is 12.5. The lowest BCUT2D eigenvalue weighted by Gasteiger charge is -2.09. The first kappa shape index (κ1) is 19.1. The Hall–Kier alpha value is -3.22. The summed E-state index contributed by atoms with van der Waals surface area (Å²) in [5.74, 6) is -0.249. The molecular formula is C23H20N2O3S. The van der Waals surface area contributed by atoms with Gasteiger partial charge in [-0.15, -0.1) is 0 Å². The molecule has 1 amide bonds. The van der Waals surface area contributed by atoms with Gasteiger partial charge in [0, 0.05) is 18.7 Å². The van der Waals surface area contributed by atoms with E-state index in [-0.39, 0.29) is 23.8 Å². The molecule has 0 aromatic heterocycles. The number of carbonyl (C=O) groups excluding carboxylic acids is 1. The van der Waals surface area contributed by atoms with Crippen molar-refractivity contribution in [2.75, 3.05) is 11.9 Å². The topological polar surface area (TPSA) is 75.3 Å². The first-order valence-corrected chi connectivity index (χ1v) is 10.8. The third kappa shape index (κ3) is 4.45. The van der Waals surface area contributed by atoms with E-state index in [1.54, 1.807) is 18.2 Å². The largest absolute Gasteiger partial charge is 0.326 e. The Morgan fingerprint density at radius 3 is 2.00 bits per heavy atom. The Bertz CT molecular complexity index is 1300. The molecule has 0 radical (unpaired) electrons. The van der Waals surface area contributed by atoms with E-state index < -0.39 is 10.0 Å². The zero-order valence-electron chi connectivity index (χ0n) is 15.6. The highest BCUT2D eigenvalue weighted by molar-refractivity contribution is 7.89. The summed E-state index contributed by atoms with van der Waals surface area (Å²) in [5.41, 5.74) is 0.686. The Labute approximate surface area is 169 Å². The number of fused-ring (bicyclic) bond motifs is 2. The molecule has 0 aliphatic rings. The summed E-state index contributed by atoms with van der Waals surface area (Å²) < 4.78 is 27.5. The number of hydrogen-bond donors (Lipinski definition) is 2. The summed E-state index contributed by atoms with van der Waals surface area (Å²) >= 11 is 0. The molecule has 0 atom stereocenters. The van der Waals surface area contributed by atoms with Crippen molar-refractivity contribution < 1.29 is 13.2 Å². The van der Waals surface area contributed by atoms with Crippen molar-refractivity contribution in [3.8, 4) is 0 Å². The van der Waals surface area contributed by atoms with Crippen LogP contribution in [0.25, 0.3) is 21.5 Å². The molecule has 0 spiro atoms. The van der Waals surface area contributed by atoms with Gasteiger partial charge in [0.25, 0.3) is 0 Å². The highest BCUT2D eigenvalue weighted by Crippen LogP contribution is 2.20. The minimum Gasteiger partial charge on any atom is -0.326 e. The molecule has 4 aromatic rings. The second kappa shape index (κ2) is 8.03. The van der Waals surface area contributed by atoms with E-state index in [1.807, 2.05) is 66.7 Å². The van der Waals surface area contributed by atoms with Crippen molar-refractivity contribution in [1.29, 1.82) is 0 Å². The monoisotopic (exact) mass is 404 g/mol. The van der Waals surface area contributed by atoms with Crippen LogP contribution in [-0.2, 0) is 14.8 Å². The minimum absolute atomic E-state index is 0.0224. The van der Waals surface area contributed by atoms with E-state index in [1.165, 1.54) is 0 Å². The maximum Gasteiger partial charge on any atom is 0.240 e. The van der Waals surface area contributed by atoms with E-state index in [9.17, 15) is 13.2 Å². The molecule has 4 rings (SSSR count). The summed E-state index contributed by atoms with van der Waals surface area (Å²) in [6.45, 7) is 0.0224. The first-order valence-electron chi connectivity index (χ1n) is 9.28. The molecule has 6 heteroatoms. The fourth-order valence-electron chi connectivity index (χ4n) is 3.21. The van der Waals surface area contributed by atoms with Gasteiger partial charge in [0.15, 0.2) is 0 Å². The summed E-state index contributed by atoms with van der Waals surface area (Å²) in [4.78, 5) is 12.4. The van der Waals surface area contributed by atoms with Crippen LogP contribution in [0, 0.1) is 0 Å². The second-order valence-electron chi connectivity index (χ2n) is 6.77. The molecule has 0 aliphatic heterocycles. The van der Waals surface area contributed by atoms with E-state index in [2.05, 4.69) is 10.0 Å². The van der Waals surface area contributed by atoms with Gasteiger partial charge in [-0.3, -0.25) is 4.79 Å². The SMILES string of the molecule is O=C(CCNS(=O)(=O)c1ccc2ccccc2c1)Nc1ccc2ccccc2c1. The fraction of sp³-hybridized carbons (Fsp3) is 0.0870. The smallest absolute Gasteiger partial charge is 0.240 e. The van der Waals surface area contributed by atoms with Gasteiger partial charge in [-0.25, -0.2) is 13.1 Å². The Kier molecular flexibility index (Phi) is 5.29. The van der Waals surface area contributed by atoms with Crippen molar-refractivity contribution >= 4 is 43.2 Å². The number of sulfonamides is 1. The van der Waals surface area contributed by atoms with E-state index in [4.69, 9.17) is 0 Å². The highest BCUT2D eigenvalue weighted by atomic mass is 32.2.